The van der Waals surface area contributed by atoms with Crippen LogP contribution in [0.1, 0.15) is 87.1 Å². The molecular formula is C21H33NO4. The number of hydrogen-bond donors (Lipinski definition) is 2. The molecule has 0 unspecified atom stereocenters. The van der Waals surface area contributed by atoms with E-state index in [-0.39, 0.29) is 19.4 Å². The normalized spacial score (nSPS) is 10.7. The second kappa shape index (κ2) is 13.3. The number of aryl methyl sites for hydroxylation is 1. The molecule has 0 aliphatic rings. The summed E-state index contributed by atoms with van der Waals surface area (Å²) in [6, 6.07) is 7.34. The minimum atomic E-state index is -0.932. The van der Waals surface area contributed by atoms with E-state index in [9.17, 15) is 14.8 Å². The van der Waals surface area contributed by atoms with Gasteiger partial charge in [0.15, 0.2) is 0 Å². The number of carbonyl (C=O) groups excluding carboxylic acids is 1. The van der Waals surface area contributed by atoms with Gasteiger partial charge in [0.2, 0.25) is 0 Å². The molecule has 26 heavy (non-hydrogen) atoms. The summed E-state index contributed by atoms with van der Waals surface area (Å²) in [5.41, 5.74) is 1.54. The van der Waals surface area contributed by atoms with Gasteiger partial charge in [-0.2, -0.15) is 0 Å². The molecule has 0 aromatic heterocycles. The van der Waals surface area contributed by atoms with E-state index in [0.717, 1.165) is 18.4 Å². The first-order valence-corrected chi connectivity index (χ1v) is 9.86. The molecule has 1 rings (SSSR count). The van der Waals surface area contributed by atoms with Gasteiger partial charge in [-0.1, -0.05) is 64.0 Å². The Morgan fingerprint density at radius 2 is 1.62 bits per heavy atom. The molecule has 1 aromatic carbocycles. The van der Waals surface area contributed by atoms with E-state index in [1.807, 2.05) is 18.2 Å². The van der Waals surface area contributed by atoms with Gasteiger partial charge in [-0.25, -0.2) is 5.06 Å². The molecule has 5 heteroatoms. The number of carbonyl (C=O) groups is 2. The fourth-order valence-corrected chi connectivity index (χ4v) is 2.95. The first-order valence-electron chi connectivity index (χ1n) is 9.86. The Morgan fingerprint density at radius 3 is 2.27 bits per heavy atom. The molecule has 5 nitrogen and oxygen atoms in total. The smallest absolute Gasteiger partial charge is 0.303 e. The average Bonchev–Trinajstić information content (AvgIpc) is 2.63. The molecule has 0 spiro atoms. The summed E-state index contributed by atoms with van der Waals surface area (Å²) < 4.78 is 0. The van der Waals surface area contributed by atoms with Gasteiger partial charge < -0.3 is 5.11 Å². The summed E-state index contributed by atoms with van der Waals surface area (Å²) in [4.78, 5) is 22.7. The van der Waals surface area contributed by atoms with Crippen LogP contribution in [0.3, 0.4) is 0 Å². The van der Waals surface area contributed by atoms with Crippen LogP contribution < -0.4 is 0 Å². The van der Waals surface area contributed by atoms with Crippen LogP contribution in [0.25, 0.3) is 0 Å². The zero-order valence-electron chi connectivity index (χ0n) is 16.0. The summed E-state index contributed by atoms with van der Waals surface area (Å²) in [5, 5.41) is 19.0. The molecule has 2 N–H and O–H groups in total. The highest BCUT2D eigenvalue weighted by Crippen LogP contribution is 2.14. The second-order valence-corrected chi connectivity index (χ2v) is 6.85. The van der Waals surface area contributed by atoms with Crippen molar-refractivity contribution < 1.29 is 19.9 Å². The fraction of sp³-hybridized carbons (Fsp3) is 0.619. The molecule has 146 valence electrons. The number of unbranched alkanes of at least 4 members (excludes halogenated alkanes) is 7. The monoisotopic (exact) mass is 363 g/mol. The van der Waals surface area contributed by atoms with Crippen LogP contribution in [-0.4, -0.2) is 33.8 Å². The molecule has 1 aromatic rings. The van der Waals surface area contributed by atoms with Gasteiger partial charge >= 0.3 is 5.97 Å². The Labute approximate surface area is 157 Å². The summed E-state index contributed by atoms with van der Waals surface area (Å²) in [6.45, 7) is 2.25. The number of aliphatic carboxylic acids is 1. The minimum Gasteiger partial charge on any atom is -0.481 e. The number of benzene rings is 1. The number of nitrogens with zero attached hydrogens (tertiary/aromatic N) is 1. The van der Waals surface area contributed by atoms with Crippen LogP contribution in [0.15, 0.2) is 24.3 Å². The molecule has 0 bridgehead atoms. The van der Waals surface area contributed by atoms with Crippen LogP contribution in [0.5, 0.6) is 0 Å². The van der Waals surface area contributed by atoms with Crippen LogP contribution in [-0.2, 0) is 11.2 Å². The summed E-state index contributed by atoms with van der Waals surface area (Å²) >= 11 is 0. The third kappa shape index (κ3) is 9.56. The van der Waals surface area contributed by atoms with Crippen molar-refractivity contribution in [1.82, 2.24) is 5.06 Å². The Morgan fingerprint density at radius 1 is 0.962 bits per heavy atom. The van der Waals surface area contributed by atoms with Gasteiger partial charge in [-0.3, -0.25) is 14.8 Å². The quantitative estimate of drug-likeness (QED) is 0.275. The topological polar surface area (TPSA) is 77.8 Å². The summed E-state index contributed by atoms with van der Waals surface area (Å²) in [5.74, 6) is -1.41. The lowest BCUT2D eigenvalue weighted by molar-refractivity contribution is -0.137. The lowest BCUT2D eigenvalue weighted by Crippen LogP contribution is -2.28. The number of hydrogen-bond acceptors (Lipinski definition) is 3. The van der Waals surface area contributed by atoms with Crippen LogP contribution in [0, 0.1) is 0 Å². The van der Waals surface area contributed by atoms with Gasteiger partial charge in [0.05, 0.1) is 0 Å². The molecule has 0 aliphatic carbocycles. The highest BCUT2D eigenvalue weighted by Gasteiger charge is 2.14. The maximum absolute atomic E-state index is 12.2. The van der Waals surface area contributed by atoms with Crippen molar-refractivity contribution in [2.75, 3.05) is 6.54 Å². The van der Waals surface area contributed by atoms with E-state index < -0.39 is 11.9 Å². The third-order valence-electron chi connectivity index (χ3n) is 4.49. The van der Waals surface area contributed by atoms with Gasteiger partial charge in [0.25, 0.3) is 5.91 Å². The number of amides is 1. The van der Waals surface area contributed by atoms with Crippen LogP contribution in [0.2, 0.25) is 0 Å². The standard InChI is InChI=1S/C21H33NO4/c1-2-3-4-5-6-7-8-9-12-18-13-10-14-19(17-18)21(25)22(26)16-11-15-20(23)24/h10,13-14,17,26H,2-9,11-12,15-16H2,1H3,(H,23,24). The Kier molecular flexibility index (Phi) is 11.4. The zero-order valence-corrected chi connectivity index (χ0v) is 16.0. The van der Waals surface area contributed by atoms with Crippen molar-refractivity contribution in [3.63, 3.8) is 0 Å². The van der Waals surface area contributed by atoms with E-state index >= 15 is 0 Å². The number of carboxylic acid groups (broad SMARTS) is 1. The van der Waals surface area contributed by atoms with Crippen molar-refractivity contribution >= 4 is 11.9 Å². The van der Waals surface area contributed by atoms with Crippen LogP contribution in [0.4, 0.5) is 0 Å². The fourth-order valence-electron chi connectivity index (χ4n) is 2.95. The van der Waals surface area contributed by atoms with E-state index in [1.165, 1.54) is 44.9 Å². The Bertz CT molecular complexity index is 545. The van der Waals surface area contributed by atoms with Crippen molar-refractivity contribution in [2.45, 2.75) is 77.6 Å². The molecule has 1 amide bonds. The molecule has 0 atom stereocenters. The predicted octanol–water partition coefficient (Wildman–Crippen LogP) is 5.07. The largest absolute Gasteiger partial charge is 0.481 e. The summed E-state index contributed by atoms with van der Waals surface area (Å²) in [7, 11) is 0. The minimum absolute atomic E-state index is 0.0212. The Balaban J connectivity index is 2.32. The number of hydroxylamine groups is 2. The van der Waals surface area contributed by atoms with Gasteiger partial charge in [0, 0.05) is 18.5 Å². The number of carboxylic acids is 1. The molecule has 0 fully saturated rings. The van der Waals surface area contributed by atoms with Gasteiger partial charge in [-0.05, 0) is 37.0 Å². The van der Waals surface area contributed by atoms with E-state index in [2.05, 4.69) is 6.92 Å². The first kappa shape index (κ1) is 22.2. The molecule has 0 heterocycles. The lowest BCUT2D eigenvalue weighted by Gasteiger charge is -2.15. The molecule has 0 saturated heterocycles. The van der Waals surface area contributed by atoms with Gasteiger partial charge in [0.1, 0.15) is 0 Å². The van der Waals surface area contributed by atoms with E-state index in [4.69, 9.17) is 5.11 Å². The SMILES string of the molecule is CCCCCCCCCCc1cccc(C(=O)N(O)CCCC(=O)O)c1. The highest BCUT2D eigenvalue weighted by atomic mass is 16.5. The maximum Gasteiger partial charge on any atom is 0.303 e. The number of rotatable bonds is 14. The molecule has 0 radical (unpaired) electrons. The highest BCUT2D eigenvalue weighted by molar-refractivity contribution is 5.93. The lowest BCUT2D eigenvalue weighted by atomic mass is 10.0. The van der Waals surface area contributed by atoms with Crippen molar-refractivity contribution in [1.29, 1.82) is 0 Å². The first-order chi connectivity index (χ1) is 12.5. The Hall–Kier alpha value is -1.88. The summed E-state index contributed by atoms with van der Waals surface area (Å²) in [6.07, 6.45) is 11.2. The predicted molar refractivity (Wildman–Crippen MR) is 102 cm³/mol. The van der Waals surface area contributed by atoms with Crippen molar-refractivity contribution in [3.8, 4) is 0 Å². The molecule has 0 saturated carbocycles. The van der Waals surface area contributed by atoms with E-state index in [1.54, 1.807) is 6.07 Å². The molecule has 0 aliphatic heterocycles. The van der Waals surface area contributed by atoms with Crippen molar-refractivity contribution in [2.24, 2.45) is 0 Å². The molecular weight excluding hydrogens is 330 g/mol. The van der Waals surface area contributed by atoms with Crippen LogP contribution >= 0.6 is 0 Å². The van der Waals surface area contributed by atoms with E-state index in [0.29, 0.717) is 10.6 Å². The zero-order chi connectivity index (χ0) is 19.2. The van der Waals surface area contributed by atoms with Crippen molar-refractivity contribution in [3.05, 3.63) is 35.4 Å². The average molecular weight is 363 g/mol. The van der Waals surface area contributed by atoms with Gasteiger partial charge in [-0.15, -0.1) is 0 Å². The second-order valence-electron chi connectivity index (χ2n) is 6.85. The maximum atomic E-state index is 12.2. The third-order valence-corrected chi connectivity index (χ3v) is 4.49.